The Labute approximate surface area is 104 Å². The fourth-order valence-corrected chi connectivity index (χ4v) is 1.91. The second-order valence-electron chi connectivity index (χ2n) is 3.88. The van der Waals surface area contributed by atoms with Crippen molar-refractivity contribution in [3.63, 3.8) is 0 Å². The number of benzene rings is 1. The van der Waals surface area contributed by atoms with Gasteiger partial charge in [-0.15, -0.1) is 0 Å². The Balaban J connectivity index is 2.23. The number of rotatable bonds is 3. The molecule has 1 aromatic heterocycles. The summed E-state index contributed by atoms with van der Waals surface area (Å²) < 4.78 is 1.58. The minimum absolute atomic E-state index is 0.0499. The number of ketones is 1. The Morgan fingerprint density at radius 3 is 2.82 bits per heavy atom. The predicted octanol–water partition coefficient (Wildman–Crippen LogP) is 2.20. The number of Topliss-reactive ketones (excluding diaryl/α,β-unsaturated/α-hetero) is 1. The largest absolute Gasteiger partial charge is 0.294 e. The SMILES string of the molecule is Cc1ccc(C(=O)Cc2ncnn2C)c(Cl)c1. The van der Waals surface area contributed by atoms with Crippen LogP contribution in [0.2, 0.25) is 5.02 Å². The summed E-state index contributed by atoms with van der Waals surface area (Å²) in [4.78, 5) is 16.0. The molecule has 0 radical (unpaired) electrons. The Bertz CT molecular complexity index is 563. The average molecular weight is 250 g/mol. The van der Waals surface area contributed by atoms with Gasteiger partial charge >= 0.3 is 0 Å². The van der Waals surface area contributed by atoms with Crippen molar-refractivity contribution in [3.05, 3.63) is 46.5 Å². The summed E-state index contributed by atoms with van der Waals surface area (Å²) in [5, 5.41) is 4.40. The summed E-state index contributed by atoms with van der Waals surface area (Å²) in [6.07, 6.45) is 1.64. The monoisotopic (exact) mass is 249 g/mol. The molecule has 0 bridgehead atoms. The lowest BCUT2D eigenvalue weighted by atomic mass is 10.1. The van der Waals surface area contributed by atoms with Crippen molar-refractivity contribution < 1.29 is 4.79 Å². The zero-order chi connectivity index (χ0) is 12.4. The maximum atomic E-state index is 12.0. The van der Waals surface area contributed by atoms with Crippen LogP contribution in [0.5, 0.6) is 0 Å². The van der Waals surface area contributed by atoms with E-state index in [1.165, 1.54) is 6.33 Å². The highest BCUT2D eigenvalue weighted by Crippen LogP contribution is 2.19. The molecule has 0 aliphatic carbocycles. The van der Waals surface area contributed by atoms with E-state index in [-0.39, 0.29) is 12.2 Å². The molecule has 4 nitrogen and oxygen atoms in total. The maximum absolute atomic E-state index is 12.0. The molecule has 0 N–H and O–H groups in total. The lowest BCUT2D eigenvalue weighted by Crippen LogP contribution is -2.09. The lowest BCUT2D eigenvalue weighted by Gasteiger charge is -2.04. The van der Waals surface area contributed by atoms with Crippen LogP contribution < -0.4 is 0 Å². The molecule has 0 saturated heterocycles. The second kappa shape index (κ2) is 4.67. The van der Waals surface area contributed by atoms with Crippen LogP contribution in [0.15, 0.2) is 24.5 Å². The Hall–Kier alpha value is -1.68. The third-order valence-electron chi connectivity index (χ3n) is 2.55. The van der Waals surface area contributed by atoms with Crippen LogP contribution in [0.4, 0.5) is 0 Å². The van der Waals surface area contributed by atoms with Crippen molar-refractivity contribution in [2.45, 2.75) is 13.3 Å². The average Bonchev–Trinajstić information content (AvgIpc) is 2.64. The molecule has 0 aliphatic heterocycles. The summed E-state index contributed by atoms with van der Waals surface area (Å²) >= 11 is 6.04. The molecule has 2 aromatic rings. The molecule has 0 fully saturated rings. The molecule has 2 rings (SSSR count). The zero-order valence-corrected chi connectivity index (χ0v) is 10.4. The third-order valence-corrected chi connectivity index (χ3v) is 2.86. The summed E-state index contributed by atoms with van der Waals surface area (Å²) in [5.74, 6) is 0.581. The fourth-order valence-electron chi connectivity index (χ4n) is 1.57. The molecule has 0 amide bonds. The molecular formula is C12H12ClN3O. The molecule has 88 valence electrons. The van der Waals surface area contributed by atoms with Crippen LogP contribution in [-0.2, 0) is 13.5 Å². The van der Waals surface area contributed by atoms with Crippen LogP contribution >= 0.6 is 11.6 Å². The Kier molecular flexibility index (Phi) is 3.24. The molecule has 1 heterocycles. The number of halogens is 1. The smallest absolute Gasteiger partial charge is 0.171 e. The van der Waals surface area contributed by atoms with Crippen molar-refractivity contribution in [2.75, 3.05) is 0 Å². The number of aryl methyl sites for hydroxylation is 2. The summed E-state index contributed by atoms with van der Waals surface area (Å²) in [6.45, 7) is 1.93. The van der Waals surface area contributed by atoms with Gasteiger partial charge in [0.2, 0.25) is 0 Å². The normalized spacial score (nSPS) is 10.5. The maximum Gasteiger partial charge on any atom is 0.171 e. The highest BCUT2D eigenvalue weighted by atomic mass is 35.5. The van der Waals surface area contributed by atoms with E-state index in [4.69, 9.17) is 11.6 Å². The number of nitrogens with zero attached hydrogens (tertiary/aromatic N) is 3. The van der Waals surface area contributed by atoms with Gasteiger partial charge in [0.1, 0.15) is 12.2 Å². The van der Waals surface area contributed by atoms with Gasteiger partial charge in [-0.05, 0) is 24.6 Å². The standard InChI is InChI=1S/C12H12ClN3O/c1-8-3-4-9(10(13)5-8)11(17)6-12-14-7-15-16(12)2/h3-5,7H,6H2,1-2H3. The first-order valence-corrected chi connectivity index (χ1v) is 5.58. The van der Waals surface area contributed by atoms with Crippen molar-refractivity contribution in [2.24, 2.45) is 7.05 Å². The van der Waals surface area contributed by atoms with Crippen LogP contribution in [0.3, 0.4) is 0 Å². The minimum Gasteiger partial charge on any atom is -0.294 e. The van der Waals surface area contributed by atoms with Gasteiger partial charge in [-0.3, -0.25) is 9.48 Å². The van der Waals surface area contributed by atoms with Crippen LogP contribution in [0, 0.1) is 6.92 Å². The van der Waals surface area contributed by atoms with Crippen molar-refractivity contribution in [1.29, 1.82) is 0 Å². The van der Waals surface area contributed by atoms with E-state index in [2.05, 4.69) is 10.1 Å². The van der Waals surface area contributed by atoms with Crippen LogP contribution in [0.25, 0.3) is 0 Å². The highest BCUT2D eigenvalue weighted by molar-refractivity contribution is 6.34. The molecule has 0 spiro atoms. The van der Waals surface area contributed by atoms with Gasteiger partial charge in [0.25, 0.3) is 0 Å². The third kappa shape index (κ3) is 2.53. The Morgan fingerprint density at radius 2 is 2.24 bits per heavy atom. The van der Waals surface area contributed by atoms with Gasteiger partial charge in [-0.25, -0.2) is 4.98 Å². The van der Waals surface area contributed by atoms with Gasteiger partial charge in [0.15, 0.2) is 5.78 Å². The number of carbonyl (C=O) groups is 1. The van der Waals surface area contributed by atoms with E-state index < -0.39 is 0 Å². The van der Waals surface area contributed by atoms with E-state index in [9.17, 15) is 4.79 Å². The summed E-state index contributed by atoms with van der Waals surface area (Å²) in [6, 6.07) is 5.40. The first-order valence-electron chi connectivity index (χ1n) is 5.20. The van der Waals surface area contributed by atoms with Gasteiger partial charge in [0, 0.05) is 12.6 Å². The van der Waals surface area contributed by atoms with Crippen LogP contribution in [-0.4, -0.2) is 20.5 Å². The minimum atomic E-state index is -0.0499. The van der Waals surface area contributed by atoms with Gasteiger partial charge in [0.05, 0.1) is 11.4 Å². The van der Waals surface area contributed by atoms with Crippen LogP contribution in [0.1, 0.15) is 21.7 Å². The van der Waals surface area contributed by atoms with Gasteiger partial charge in [-0.1, -0.05) is 17.7 Å². The predicted molar refractivity (Wildman–Crippen MR) is 65.2 cm³/mol. The van der Waals surface area contributed by atoms with E-state index in [1.807, 2.05) is 13.0 Å². The van der Waals surface area contributed by atoms with Crippen molar-refractivity contribution in [1.82, 2.24) is 14.8 Å². The molecule has 1 aromatic carbocycles. The number of aromatic nitrogens is 3. The molecular weight excluding hydrogens is 238 g/mol. The first-order chi connectivity index (χ1) is 8.08. The second-order valence-corrected chi connectivity index (χ2v) is 4.29. The van der Waals surface area contributed by atoms with Crippen molar-refractivity contribution in [3.8, 4) is 0 Å². The van der Waals surface area contributed by atoms with E-state index >= 15 is 0 Å². The summed E-state index contributed by atoms with van der Waals surface area (Å²) in [5.41, 5.74) is 1.56. The summed E-state index contributed by atoms with van der Waals surface area (Å²) in [7, 11) is 1.76. The highest BCUT2D eigenvalue weighted by Gasteiger charge is 2.13. The topological polar surface area (TPSA) is 47.8 Å². The quantitative estimate of drug-likeness (QED) is 0.784. The Morgan fingerprint density at radius 1 is 1.47 bits per heavy atom. The number of hydrogen-bond acceptors (Lipinski definition) is 3. The number of carbonyl (C=O) groups excluding carboxylic acids is 1. The van der Waals surface area contributed by atoms with Gasteiger partial charge in [-0.2, -0.15) is 5.10 Å². The molecule has 0 saturated carbocycles. The molecule has 0 aliphatic rings. The fraction of sp³-hybridized carbons (Fsp3) is 0.250. The van der Waals surface area contributed by atoms with E-state index in [1.54, 1.807) is 23.9 Å². The van der Waals surface area contributed by atoms with E-state index in [0.29, 0.717) is 16.4 Å². The molecule has 5 heteroatoms. The molecule has 17 heavy (non-hydrogen) atoms. The van der Waals surface area contributed by atoms with E-state index in [0.717, 1.165) is 5.56 Å². The molecule has 0 unspecified atom stereocenters. The van der Waals surface area contributed by atoms with Crippen molar-refractivity contribution >= 4 is 17.4 Å². The van der Waals surface area contributed by atoms with Gasteiger partial charge < -0.3 is 0 Å². The molecule has 0 atom stereocenters. The zero-order valence-electron chi connectivity index (χ0n) is 9.64. The lowest BCUT2D eigenvalue weighted by molar-refractivity contribution is 0.0990. The number of hydrogen-bond donors (Lipinski definition) is 0. The first kappa shape index (κ1) is 11.8.